The first-order valence-corrected chi connectivity index (χ1v) is 6.27. The fraction of sp³-hybridized carbons (Fsp3) is 1.00. The van der Waals surface area contributed by atoms with E-state index in [1.165, 1.54) is 19.3 Å². The Morgan fingerprint density at radius 1 is 1.40 bits per heavy atom. The molecule has 1 atom stereocenters. The molecule has 0 amide bonds. The Hall–Kier alpha value is -0.150. The van der Waals surface area contributed by atoms with E-state index >= 15 is 0 Å². The van der Waals surface area contributed by atoms with Crippen LogP contribution in [0.3, 0.4) is 0 Å². The van der Waals surface area contributed by atoms with Crippen LogP contribution in [0.4, 0.5) is 4.39 Å². The largest absolute Gasteiger partial charge is 0.313 e. The maximum atomic E-state index is 12.2. The first-order chi connectivity index (χ1) is 7.24. The third-order valence-corrected chi connectivity index (χ3v) is 3.18. The van der Waals surface area contributed by atoms with E-state index in [4.69, 9.17) is 0 Å². The van der Waals surface area contributed by atoms with Crippen molar-refractivity contribution < 1.29 is 4.39 Å². The van der Waals surface area contributed by atoms with Gasteiger partial charge in [-0.1, -0.05) is 6.42 Å². The van der Waals surface area contributed by atoms with Crippen LogP contribution in [0.5, 0.6) is 0 Å². The smallest absolute Gasteiger partial charge is 0.0906 e. The van der Waals surface area contributed by atoms with Crippen LogP contribution in [0.1, 0.15) is 39.5 Å². The predicted molar refractivity (Wildman–Crippen MR) is 62.9 cm³/mol. The van der Waals surface area contributed by atoms with Crippen molar-refractivity contribution in [2.24, 2.45) is 0 Å². The molecule has 0 aromatic rings. The zero-order valence-corrected chi connectivity index (χ0v) is 10.1. The van der Waals surface area contributed by atoms with Crippen molar-refractivity contribution in [1.82, 2.24) is 10.2 Å². The first-order valence-electron chi connectivity index (χ1n) is 6.27. The predicted octanol–water partition coefficient (Wildman–Crippen LogP) is 2.20. The van der Waals surface area contributed by atoms with Gasteiger partial charge in [-0.05, 0) is 39.7 Å². The second-order valence-electron chi connectivity index (χ2n) is 4.78. The van der Waals surface area contributed by atoms with E-state index in [2.05, 4.69) is 24.1 Å². The average Bonchev–Trinajstić information content (AvgIpc) is 2.25. The molecule has 1 rings (SSSR count). The average molecular weight is 216 g/mol. The Kier molecular flexibility index (Phi) is 6.18. The summed E-state index contributed by atoms with van der Waals surface area (Å²) in [4.78, 5) is 2.39. The minimum absolute atomic E-state index is 0.193. The second kappa shape index (κ2) is 7.18. The molecule has 1 N–H and O–H groups in total. The lowest BCUT2D eigenvalue weighted by Gasteiger charge is -2.32. The molecule has 90 valence electrons. The van der Waals surface area contributed by atoms with Crippen molar-refractivity contribution in [3.05, 3.63) is 0 Å². The van der Waals surface area contributed by atoms with Crippen molar-refractivity contribution in [2.45, 2.75) is 51.6 Å². The van der Waals surface area contributed by atoms with Crippen LogP contribution in [0.15, 0.2) is 0 Å². The molecule has 0 aromatic heterocycles. The van der Waals surface area contributed by atoms with Crippen molar-refractivity contribution in [1.29, 1.82) is 0 Å². The Bertz CT molecular complexity index is 156. The van der Waals surface area contributed by atoms with Crippen molar-refractivity contribution in [3.63, 3.8) is 0 Å². The third kappa shape index (κ3) is 4.94. The van der Waals surface area contributed by atoms with Gasteiger partial charge in [-0.25, -0.2) is 0 Å². The summed E-state index contributed by atoms with van der Waals surface area (Å²) in [5.41, 5.74) is 0. The lowest BCUT2D eigenvalue weighted by molar-refractivity contribution is 0.178. The number of nitrogens with zero attached hydrogens (tertiary/aromatic N) is 1. The number of hydrogen-bond acceptors (Lipinski definition) is 2. The van der Waals surface area contributed by atoms with Crippen LogP contribution < -0.4 is 5.32 Å². The Labute approximate surface area is 93.2 Å². The van der Waals surface area contributed by atoms with Crippen molar-refractivity contribution >= 4 is 0 Å². The van der Waals surface area contributed by atoms with Crippen LogP contribution >= 0.6 is 0 Å². The van der Waals surface area contributed by atoms with Crippen LogP contribution in [-0.4, -0.2) is 43.3 Å². The van der Waals surface area contributed by atoms with Crippen LogP contribution in [0.25, 0.3) is 0 Å². The standard InChI is InChI=1S/C12H25FN2/c1-11(2)15(9-5-7-13)10-12-6-3-4-8-14-12/h11-12,14H,3-10H2,1-2H3. The molecule has 1 unspecified atom stereocenters. The van der Waals surface area contributed by atoms with E-state index in [1.807, 2.05) is 0 Å². The summed E-state index contributed by atoms with van der Waals surface area (Å²) in [6.07, 6.45) is 4.60. The number of piperidine rings is 1. The summed E-state index contributed by atoms with van der Waals surface area (Å²) in [5.74, 6) is 0. The normalized spacial score (nSPS) is 22.6. The first kappa shape index (κ1) is 12.9. The number of nitrogens with one attached hydrogen (secondary N) is 1. The highest BCUT2D eigenvalue weighted by molar-refractivity contribution is 4.77. The van der Waals surface area contributed by atoms with Gasteiger partial charge in [0.05, 0.1) is 6.67 Å². The number of halogens is 1. The minimum atomic E-state index is -0.193. The minimum Gasteiger partial charge on any atom is -0.313 e. The Morgan fingerprint density at radius 3 is 2.73 bits per heavy atom. The molecule has 0 aliphatic carbocycles. The summed E-state index contributed by atoms with van der Waals surface area (Å²) in [6, 6.07) is 1.15. The van der Waals surface area contributed by atoms with Gasteiger partial charge in [0.15, 0.2) is 0 Å². The molecule has 0 bridgehead atoms. The molecule has 0 aromatic carbocycles. The van der Waals surface area contributed by atoms with E-state index in [0.29, 0.717) is 18.5 Å². The lowest BCUT2D eigenvalue weighted by Crippen LogP contribution is -2.46. The summed E-state index contributed by atoms with van der Waals surface area (Å²) >= 11 is 0. The quantitative estimate of drug-likeness (QED) is 0.732. The highest BCUT2D eigenvalue weighted by atomic mass is 19.1. The van der Waals surface area contributed by atoms with E-state index in [-0.39, 0.29) is 6.67 Å². The Balaban J connectivity index is 2.28. The molecule has 2 nitrogen and oxygen atoms in total. The van der Waals surface area contributed by atoms with Gasteiger partial charge in [-0.15, -0.1) is 0 Å². The number of hydrogen-bond donors (Lipinski definition) is 1. The summed E-state index contributed by atoms with van der Waals surface area (Å²) in [6.45, 7) is 7.33. The lowest BCUT2D eigenvalue weighted by atomic mass is 10.0. The van der Waals surface area contributed by atoms with Crippen LogP contribution in [0, 0.1) is 0 Å². The molecule has 1 aliphatic rings. The molecule has 15 heavy (non-hydrogen) atoms. The molecule has 0 saturated carbocycles. The van der Waals surface area contributed by atoms with Gasteiger partial charge >= 0.3 is 0 Å². The van der Waals surface area contributed by atoms with E-state index in [1.54, 1.807) is 0 Å². The van der Waals surface area contributed by atoms with Crippen molar-refractivity contribution in [2.75, 3.05) is 26.3 Å². The van der Waals surface area contributed by atoms with E-state index in [0.717, 1.165) is 19.6 Å². The maximum Gasteiger partial charge on any atom is 0.0906 e. The fourth-order valence-electron chi connectivity index (χ4n) is 2.19. The van der Waals surface area contributed by atoms with Crippen molar-refractivity contribution in [3.8, 4) is 0 Å². The van der Waals surface area contributed by atoms with Gasteiger partial charge in [0, 0.05) is 25.2 Å². The molecular weight excluding hydrogens is 191 g/mol. The molecule has 0 spiro atoms. The topological polar surface area (TPSA) is 15.3 Å². The summed E-state index contributed by atoms with van der Waals surface area (Å²) in [5, 5.41) is 3.55. The summed E-state index contributed by atoms with van der Waals surface area (Å²) in [7, 11) is 0. The molecule has 0 radical (unpaired) electrons. The van der Waals surface area contributed by atoms with Gasteiger partial charge in [0.2, 0.25) is 0 Å². The second-order valence-corrected chi connectivity index (χ2v) is 4.78. The van der Waals surface area contributed by atoms with Gasteiger partial charge in [-0.2, -0.15) is 0 Å². The molecule has 1 aliphatic heterocycles. The SMILES string of the molecule is CC(C)N(CCCF)CC1CCCCN1. The van der Waals surface area contributed by atoms with E-state index < -0.39 is 0 Å². The van der Waals surface area contributed by atoms with Gasteiger partial charge in [0.25, 0.3) is 0 Å². The zero-order valence-electron chi connectivity index (χ0n) is 10.1. The van der Waals surface area contributed by atoms with Gasteiger partial charge in [-0.3, -0.25) is 9.29 Å². The van der Waals surface area contributed by atoms with Gasteiger partial charge < -0.3 is 5.32 Å². The number of rotatable bonds is 6. The third-order valence-electron chi connectivity index (χ3n) is 3.18. The molecule has 1 fully saturated rings. The van der Waals surface area contributed by atoms with Crippen LogP contribution in [-0.2, 0) is 0 Å². The molecule has 3 heteroatoms. The molecule has 1 saturated heterocycles. The van der Waals surface area contributed by atoms with Gasteiger partial charge in [0.1, 0.15) is 0 Å². The zero-order chi connectivity index (χ0) is 11.1. The number of alkyl halides is 1. The highest BCUT2D eigenvalue weighted by Gasteiger charge is 2.17. The highest BCUT2D eigenvalue weighted by Crippen LogP contribution is 2.10. The van der Waals surface area contributed by atoms with Crippen LogP contribution in [0.2, 0.25) is 0 Å². The summed E-state index contributed by atoms with van der Waals surface area (Å²) < 4.78 is 12.2. The fourth-order valence-corrected chi connectivity index (χ4v) is 2.19. The molecular formula is C12H25FN2. The monoisotopic (exact) mass is 216 g/mol. The maximum absolute atomic E-state index is 12.2. The molecule has 1 heterocycles. The Morgan fingerprint density at radius 2 is 2.20 bits per heavy atom. The van der Waals surface area contributed by atoms with E-state index in [9.17, 15) is 4.39 Å².